The Bertz CT molecular complexity index is 805. The molecule has 0 spiro atoms. The predicted octanol–water partition coefficient (Wildman–Crippen LogP) is 3.61. The summed E-state index contributed by atoms with van der Waals surface area (Å²) in [6.07, 6.45) is -0.0830. The first kappa shape index (κ1) is 18.8. The maximum atomic E-state index is 12.1. The first-order valence-electron chi connectivity index (χ1n) is 7.31. The molecule has 128 valence electrons. The molecule has 1 N–H and O–H groups in total. The summed E-state index contributed by atoms with van der Waals surface area (Å²) in [6.45, 7) is 0.274. The van der Waals surface area contributed by atoms with Crippen LogP contribution in [0.5, 0.6) is 0 Å². The van der Waals surface area contributed by atoms with E-state index >= 15 is 0 Å². The van der Waals surface area contributed by atoms with E-state index in [4.69, 9.17) is 23.2 Å². The molecule has 4 nitrogen and oxygen atoms in total. The van der Waals surface area contributed by atoms with Gasteiger partial charge in [0.15, 0.2) is 9.84 Å². The highest BCUT2D eigenvalue weighted by molar-refractivity contribution is 7.90. The molecule has 1 amide bonds. The van der Waals surface area contributed by atoms with E-state index in [0.717, 1.165) is 5.56 Å². The van der Waals surface area contributed by atoms with Gasteiger partial charge >= 0.3 is 0 Å². The van der Waals surface area contributed by atoms with E-state index in [0.29, 0.717) is 15.6 Å². The van der Waals surface area contributed by atoms with Crippen LogP contribution in [-0.2, 0) is 26.9 Å². The zero-order chi connectivity index (χ0) is 17.6. The largest absolute Gasteiger partial charge is 0.352 e. The molecule has 0 saturated heterocycles. The van der Waals surface area contributed by atoms with Crippen LogP contribution in [0.4, 0.5) is 0 Å². The van der Waals surface area contributed by atoms with Gasteiger partial charge in [-0.2, -0.15) is 0 Å². The Kier molecular flexibility index (Phi) is 6.66. The molecule has 24 heavy (non-hydrogen) atoms. The van der Waals surface area contributed by atoms with E-state index in [1.165, 1.54) is 0 Å². The van der Waals surface area contributed by atoms with Gasteiger partial charge < -0.3 is 5.32 Å². The van der Waals surface area contributed by atoms with Gasteiger partial charge in [-0.3, -0.25) is 4.79 Å². The van der Waals surface area contributed by atoms with E-state index in [9.17, 15) is 13.2 Å². The number of amides is 1. The third kappa shape index (κ3) is 6.15. The molecule has 0 fully saturated rings. The van der Waals surface area contributed by atoms with Crippen molar-refractivity contribution in [1.29, 1.82) is 0 Å². The molecule has 2 aromatic carbocycles. The molecular formula is C17H17Cl2NO3S. The third-order valence-electron chi connectivity index (χ3n) is 3.37. The fraction of sp³-hybridized carbons (Fsp3) is 0.235. The Morgan fingerprint density at radius 3 is 2.33 bits per heavy atom. The van der Waals surface area contributed by atoms with E-state index in [1.54, 1.807) is 42.5 Å². The van der Waals surface area contributed by atoms with Gasteiger partial charge in [0.1, 0.15) is 0 Å². The summed E-state index contributed by atoms with van der Waals surface area (Å²) < 4.78 is 24.2. The van der Waals surface area contributed by atoms with Crippen molar-refractivity contribution in [3.8, 4) is 0 Å². The standard InChI is InChI=1S/C17H17Cl2NO3S/c18-15-7-5-13(6-8-15)12-24(22,23)10-9-17(21)20-11-14-3-1-2-4-16(14)19/h1-8H,9-12H2,(H,20,21). The molecule has 2 aromatic rings. The minimum atomic E-state index is -3.36. The highest BCUT2D eigenvalue weighted by atomic mass is 35.5. The summed E-state index contributed by atoms with van der Waals surface area (Å²) in [5.74, 6) is -0.638. The van der Waals surface area contributed by atoms with Crippen LogP contribution in [0.15, 0.2) is 48.5 Å². The zero-order valence-electron chi connectivity index (χ0n) is 12.8. The highest BCUT2D eigenvalue weighted by Gasteiger charge is 2.14. The van der Waals surface area contributed by atoms with Crippen LogP contribution in [-0.4, -0.2) is 20.1 Å². The molecule has 0 aliphatic rings. The van der Waals surface area contributed by atoms with E-state index in [2.05, 4.69) is 5.32 Å². The Labute approximate surface area is 151 Å². The third-order valence-corrected chi connectivity index (χ3v) is 5.59. The SMILES string of the molecule is O=C(CCS(=O)(=O)Cc1ccc(Cl)cc1)NCc1ccccc1Cl. The van der Waals surface area contributed by atoms with Gasteiger partial charge in [-0.25, -0.2) is 8.42 Å². The molecule has 0 aromatic heterocycles. The molecule has 7 heteroatoms. The topological polar surface area (TPSA) is 63.2 Å². The first-order chi connectivity index (χ1) is 11.4. The Balaban J connectivity index is 1.82. The number of halogens is 2. The molecule has 0 aliphatic carbocycles. The van der Waals surface area contributed by atoms with Crippen molar-refractivity contribution in [2.24, 2.45) is 0 Å². The van der Waals surface area contributed by atoms with Crippen molar-refractivity contribution in [3.63, 3.8) is 0 Å². The van der Waals surface area contributed by atoms with Crippen molar-refractivity contribution in [1.82, 2.24) is 5.32 Å². The van der Waals surface area contributed by atoms with Gasteiger partial charge in [-0.15, -0.1) is 0 Å². The number of hydrogen-bond donors (Lipinski definition) is 1. The quantitative estimate of drug-likeness (QED) is 0.791. The van der Waals surface area contributed by atoms with Crippen molar-refractivity contribution in [2.75, 3.05) is 5.75 Å². The van der Waals surface area contributed by atoms with Crippen molar-refractivity contribution in [2.45, 2.75) is 18.7 Å². The molecule has 0 bridgehead atoms. The molecule has 0 radical (unpaired) electrons. The molecule has 0 unspecified atom stereocenters. The predicted molar refractivity (Wildman–Crippen MR) is 96.9 cm³/mol. The minimum Gasteiger partial charge on any atom is -0.352 e. The second-order valence-electron chi connectivity index (χ2n) is 5.34. The van der Waals surface area contributed by atoms with Gasteiger partial charge in [0.25, 0.3) is 0 Å². The normalized spacial score (nSPS) is 11.2. The number of hydrogen-bond acceptors (Lipinski definition) is 3. The van der Waals surface area contributed by atoms with Crippen LogP contribution < -0.4 is 5.32 Å². The maximum absolute atomic E-state index is 12.1. The summed E-state index contributed by atoms with van der Waals surface area (Å²) in [7, 11) is -3.36. The number of nitrogens with one attached hydrogen (secondary N) is 1. The highest BCUT2D eigenvalue weighted by Crippen LogP contribution is 2.15. The van der Waals surface area contributed by atoms with Gasteiger partial charge in [-0.05, 0) is 29.3 Å². The van der Waals surface area contributed by atoms with Crippen LogP contribution in [0.25, 0.3) is 0 Å². The lowest BCUT2D eigenvalue weighted by atomic mass is 10.2. The van der Waals surface area contributed by atoms with Crippen molar-refractivity contribution in [3.05, 3.63) is 69.7 Å². The van der Waals surface area contributed by atoms with E-state index in [-0.39, 0.29) is 30.4 Å². The summed E-state index contributed by atoms with van der Waals surface area (Å²) >= 11 is 11.8. The average Bonchev–Trinajstić information content (AvgIpc) is 2.54. The lowest BCUT2D eigenvalue weighted by Gasteiger charge is -2.08. The molecule has 0 heterocycles. The lowest BCUT2D eigenvalue weighted by Crippen LogP contribution is -2.25. The monoisotopic (exact) mass is 385 g/mol. The van der Waals surface area contributed by atoms with Crippen LogP contribution in [0.3, 0.4) is 0 Å². The summed E-state index contributed by atoms with van der Waals surface area (Å²) in [4.78, 5) is 11.8. The molecule has 2 rings (SSSR count). The second kappa shape index (κ2) is 8.51. The maximum Gasteiger partial charge on any atom is 0.221 e. The Morgan fingerprint density at radius 2 is 1.67 bits per heavy atom. The molecule has 0 aliphatic heterocycles. The second-order valence-corrected chi connectivity index (χ2v) is 8.36. The van der Waals surface area contributed by atoms with Gasteiger partial charge in [0, 0.05) is 23.0 Å². The number of rotatable bonds is 7. The number of carbonyl (C=O) groups is 1. The molecular weight excluding hydrogens is 369 g/mol. The molecule has 0 saturated carbocycles. The number of benzene rings is 2. The summed E-state index contributed by atoms with van der Waals surface area (Å²) in [5.41, 5.74) is 1.44. The minimum absolute atomic E-state index is 0.0830. The van der Waals surface area contributed by atoms with Crippen LogP contribution in [0.2, 0.25) is 10.0 Å². The average molecular weight is 386 g/mol. The van der Waals surface area contributed by atoms with E-state index < -0.39 is 9.84 Å². The Morgan fingerprint density at radius 1 is 1.00 bits per heavy atom. The van der Waals surface area contributed by atoms with Gasteiger partial charge in [-0.1, -0.05) is 53.5 Å². The van der Waals surface area contributed by atoms with Crippen molar-refractivity contribution < 1.29 is 13.2 Å². The Hall–Kier alpha value is -1.56. The van der Waals surface area contributed by atoms with E-state index in [1.807, 2.05) is 6.07 Å². The van der Waals surface area contributed by atoms with Gasteiger partial charge in [0.05, 0.1) is 11.5 Å². The number of carbonyl (C=O) groups excluding carboxylic acids is 1. The fourth-order valence-electron chi connectivity index (χ4n) is 2.08. The van der Waals surface area contributed by atoms with Gasteiger partial charge in [0.2, 0.25) is 5.91 Å². The first-order valence-corrected chi connectivity index (χ1v) is 9.88. The lowest BCUT2D eigenvalue weighted by molar-refractivity contribution is -0.120. The smallest absolute Gasteiger partial charge is 0.221 e. The molecule has 0 atom stereocenters. The summed E-state index contributed by atoms with van der Waals surface area (Å²) in [6, 6.07) is 13.8. The van der Waals surface area contributed by atoms with Crippen molar-refractivity contribution >= 4 is 38.9 Å². The number of sulfone groups is 1. The fourth-order valence-corrected chi connectivity index (χ4v) is 3.75. The van der Waals surface area contributed by atoms with Crippen LogP contribution >= 0.6 is 23.2 Å². The van der Waals surface area contributed by atoms with Crippen LogP contribution in [0, 0.1) is 0 Å². The zero-order valence-corrected chi connectivity index (χ0v) is 15.2. The summed E-state index contributed by atoms with van der Waals surface area (Å²) in [5, 5.41) is 3.79. The van der Waals surface area contributed by atoms with Crippen LogP contribution in [0.1, 0.15) is 17.5 Å².